The van der Waals surface area contributed by atoms with Crippen LogP contribution in [0.1, 0.15) is 23.2 Å². The smallest absolute Gasteiger partial charge is 0.257 e. The second kappa shape index (κ2) is 5.21. The number of rotatable bonds is 4. The molecule has 1 aliphatic rings. The van der Waals surface area contributed by atoms with Crippen LogP contribution in [0, 0.1) is 11.6 Å². The molecular weight excluding hydrogens is 256 g/mol. The van der Waals surface area contributed by atoms with Gasteiger partial charge in [0.25, 0.3) is 5.91 Å². The molecule has 0 radical (unpaired) electrons. The van der Waals surface area contributed by atoms with Gasteiger partial charge in [0.2, 0.25) is 5.91 Å². The molecule has 1 fully saturated rings. The average molecular weight is 269 g/mol. The lowest BCUT2D eigenvalue weighted by atomic mass is 10.1. The molecule has 1 aromatic carbocycles. The summed E-state index contributed by atoms with van der Waals surface area (Å²) in [6.07, 6.45) is 1.83. The lowest BCUT2D eigenvalue weighted by Crippen LogP contribution is -2.38. The summed E-state index contributed by atoms with van der Waals surface area (Å²) in [5.41, 5.74) is 4.15. The van der Waals surface area contributed by atoms with E-state index in [0.717, 1.165) is 25.0 Å². The quantitative estimate of drug-likeness (QED) is 0.698. The van der Waals surface area contributed by atoms with Crippen molar-refractivity contribution in [2.75, 3.05) is 12.3 Å². The maximum atomic E-state index is 13.5. The highest BCUT2D eigenvalue weighted by molar-refractivity contribution is 5.97. The summed E-state index contributed by atoms with van der Waals surface area (Å²) in [7, 11) is 0. The fourth-order valence-electron chi connectivity index (χ4n) is 1.53. The predicted molar refractivity (Wildman–Crippen MR) is 64.3 cm³/mol. The Kier molecular flexibility index (Phi) is 3.64. The molecule has 0 spiro atoms. The first kappa shape index (κ1) is 13.3. The van der Waals surface area contributed by atoms with Gasteiger partial charge in [0.1, 0.15) is 11.4 Å². The van der Waals surface area contributed by atoms with Gasteiger partial charge in [-0.25, -0.2) is 8.78 Å². The van der Waals surface area contributed by atoms with Crippen molar-refractivity contribution in [1.82, 2.24) is 10.6 Å². The summed E-state index contributed by atoms with van der Waals surface area (Å²) in [6.45, 7) is -0.330. The molecule has 0 aromatic heterocycles. The third-order valence-corrected chi connectivity index (χ3v) is 2.70. The largest absolute Gasteiger partial charge is 0.396 e. The summed E-state index contributed by atoms with van der Waals surface area (Å²) < 4.78 is 26.9. The molecule has 0 aliphatic heterocycles. The Morgan fingerprint density at radius 3 is 2.63 bits per heavy atom. The predicted octanol–water partition coefficient (Wildman–Crippen LogP) is 0.555. The van der Waals surface area contributed by atoms with Crippen LogP contribution in [0.15, 0.2) is 12.1 Å². The van der Waals surface area contributed by atoms with E-state index in [4.69, 9.17) is 5.73 Å². The number of anilines is 1. The number of halogens is 2. The molecule has 0 atom stereocenters. The first-order valence-electron chi connectivity index (χ1n) is 5.80. The first-order chi connectivity index (χ1) is 8.99. The van der Waals surface area contributed by atoms with Gasteiger partial charge in [0.15, 0.2) is 5.82 Å². The zero-order chi connectivity index (χ0) is 14.0. The lowest BCUT2D eigenvalue weighted by Gasteiger charge is -2.08. The average Bonchev–Trinajstić information content (AvgIpc) is 3.16. The molecule has 102 valence electrons. The van der Waals surface area contributed by atoms with Crippen LogP contribution in [0.4, 0.5) is 14.5 Å². The van der Waals surface area contributed by atoms with Crippen LogP contribution in [-0.4, -0.2) is 24.4 Å². The molecule has 2 amide bonds. The summed E-state index contributed by atoms with van der Waals surface area (Å²) in [4.78, 5) is 22.9. The summed E-state index contributed by atoms with van der Waals surface area (Å²) in [5, 5.41) is 4.79. The van der Waals surface area contributed by atoms with E-state index >= 15 is 0 Å². The summed E-state index contributed by atoms with van der Waals surface area (Å²) in [6, 6.07) is 2.09. The number of hydrogen-bond acceptors (Lipinski definition) is 3. The number of benzene rings is 1. The number of hydrogen-bond donors (Lipinski definition) is 3. The van der Waals surface area contributed by atoms with Crippen LogP contribution < -0.4 is 16.4 Å². The van der Waals surface area contributed by atoms with Crippen molar-refractivity contribution in [3.63, 3.8) is 0 Å². The van der Waals surface area contributed by atoms with Gasteiger partial charge >= 0.3 is 0 Å². The fourth-order valence-corrected chi connectivity index (χ4v) is 1.53. The zero-order valence-electron chi connectivity index (χ0n) is 10.0. The maximum Gasteiger partial charge on any atom is 0.257 e. The van der Waals surface area contributed by atoms with Crippen LogP contribution in [0.25, 0.3) is 0 Å². The SMILES string of the molecule is Nc1ccc(F)c(C(=O)NCC(=O)NC2CC2)c1F. The van der Waals surface area contributed by atoms with E-state index in [1.807, 2.05) is 0 Å². The molecular formula is C12H13F2N3O2. The maximum absolute atomic E-state index is 13.5. The summed E-state index contributed by atoms with van der Waals surface area (Å²) >= 11 is 0. The number of carbonyl (C=O) groups is 2. The van der Waals surface area contributed by atoms with Crippen molar-refractivity contribution >= 4 is 17.5 Å². The monoisotopic (exact) mass is 269 g/mol. The second-order valence-electron chi connectivity index (χ2n) is 4.35. The van der Waals surface area contributed by atoms with E-state index in [0.29, 0.717) is 0 Å². The number of carbonyl (C=O) groups excluding carboxylic acids is 2. The molecule has 2 rings (SSSR count). The summed E-state index contributed by atoms with van der Waals surface area (Å²) in [5.74, 6) is -3.54. The minimum atomic E-state index is -1.12. The van der Waals surface area contributed by atoms with Crippen molar-refractivity contribution in [3.05, 3.63) is 29.3 Å². The van der Waals surface area contributed by atoms with Crippen molar-refractivity contribution in [2.45, 2.75) is 18.9 Å². The highest BCUT2D eigenvalue weighted by Crippen LogP contribution is 2.19. The highest BCUT2D eigenvalue weighted by atomic mass is 19.1. The third kappa shape index (κ3) is 3.18. The minimum Gasteiger partial charge on any atom is -0.396 e. The van der Waals surface area contributed by atoms with Crippen molar-refractivity contribution in [3.8, 4) is 0 Å². The molecule has 0 saturated heterocycles. The number of nitrogens with two attached hydrogens (primary N) is 1. The van der Waals surface area contributed by atoms with E-state index in [9.17, 15) is 18.4 Å². The van der Waals surface area contributed by atoms with E-state index in [2.05, 4.69) is 10.6 Å². The Labute approximate surface area is 108 Å². The molecule has 1 saturated carbocycles. The van der Waals surface area contributed by atoms with Crippen molar-refractivity contribution in [2.24, 2.45) is 0 Å². The third-order valence-electron chi connectivity index (χ3n) is 2.70. The molecule has 1 aromatic rings. The molecule has 1 aliphatic carbocycles. The van der Waals surface area contributed by atoms with Crippen LogP contribution >= 0.6 is 0 Å². The van der Waals surface area contributed by atoms with Crippen LogP contribution in [0.3, 0.4) is 0 Å². The fraction of sp³-hybridized carbons (Fsp3) is 0.333. The molecule has 0 unspecified atom stereocenters. The van der Waals surface area contributed by atoms with Gasteiger partial charge < -0.3 is 16.4 Å². The van der Waals surface area contributed by atoms with Gasteiger partial charge in [-0.3, -0.25) is 9.59 Å². The molecule has 0 bridgehead atoms. The van der Waals surface area contributed by atoms with Crippen LogP contribution in [-0.2, 0) is 4.79 Å². The Morgan fingerprint density at radius 1 is 1.32 bits per heavy atom. The van der Waals surface area contributed by atoms with Gasteiger partial charge in [-0.2, -0.15) is 0 Å². The van der Waals surface area contributed by atoms with Gasteiger partial charge in [-0.1, -0.05) is 0 Å². The second-order valence-corrected chi connectivity index (χ2v) is 4.35. The topological polar surface area (TPSA) is 84.2 Å². The van der Waals surface area contributed by atoms with Crippen molar-refractivity contribution in [1.29, 1.82) is 0 Å². The van der Waals surface area contributed by atoms with Crippen LogP contribution in [0.5, 0.6) is 0 Å². The standard InChI is InChI=1S/C12H13F2N3O2/c13-7-3-4-8(15)11(14)10(7)12(19)16-5-9(18)17-6-1-2-6/h3-4,6H,1-2,5,15H2,(H,16,19)(H,17,18). The zero-order valence-corrected chi connectivity index (χ0v) is 10.0. The van der Waals surface area contributed by atoms with Gasteiger partial charge in [-0.15, -0.1) is 0 Å². The van der Waals surface area contributed by atoms with E-state index in [1.165, 1.54) is 0 Å². The van der Waals surface area contributed by atoms with Gasteiger partial charge in [0.05, 0.1) is 12.2 Å². The van der Waals surface area contributed by atoms with E-state index in [-0.39, 0.29) is 24.2 Å². The Morgan fingerprint density at radius 2 is 2.00 bits per heavy atom. The number of amides is 2. The highest BCUT2D eigenvalue weighted by Gasteiger charge is 2.24. The molecule has 7 heteroatoms. The van der Waals surface area contributed by atoms with Gasteiger partial charge in [0, 0.05) is 6.04 Å². The molecule has 0 heterocycles. The van der Waals surface area contributed by atoms with E-state index < -0.39 is 23.1 Å². The number of nitrogen functional groups attached to an aromatic ring is 1. The van der Waals surface area contributed by atoms with E-state index in [1.54, 1.807) is 0 Å². The normalized spacial score (nSPS) is 14.0. The minimum absolute atomic E-state index is 0.158. The Hall–Kier alpha value is -2.18. The lowest BCUT2D eigenvalue weighted by molar-refractivity contribution is -0.120. The van der Waals surface area contributed by atoms with Crippen molar-refractivity contribution < 1.29 is 18.4 Å². The first-order valence-corrected chi connectivity index (χ1v) is 5.80. The van der Waals surface area contributed by atoms with Gasteiger partial charge in [-0.05, 0) is 25.0 Å². The Balaban J connectivity index is 1.99. The Bertz CT molecular complexity index is 530. The molecule has 5 nitrogen and oxygen atoms in total. The number of nitrogens with one attached hydrogen (secondary N) is 2. The van der Waals surface area contributed by atoms with Crippen LogP contribution in [0.2, 0.25) is 0 Å². The molecule has 4 N–H and O–H groups in total. The molecule has 19 heavy (non-hydrogen) atoms.